The smallest absolute Gasteiger partial charge is 0.157 e. The summed E-state index contributed by atoms with van der Waals surface area (Å²) in [5.41, 5.74) is 3.00. The second-order valence-corrected chi connectivity index (χ2v) is 5.89. The molecule has 1 aliphatic rings. The fraction of sp³-hybridized carbons (Fsp3) is 0.636. The highest BCUT2D eigenvalue weighted by Crippen LogP contribution is 2.18. The third kappa shape index (κ3) is 2.98. The summed E-state index contributed by atoms with van der Waals surface area (Å²) < 4.78 is 0. The fourth-order valence-electron chi connectivity index (χ4n) is 1.61. The van der Waals surface area contributed by atoms with Crippen molar-refractivity contribution in [2.75, 3.05) is 5.75 Å². The molecule has 5 heteroatoms. The van der Waals surface area contributed by atoms with E-state index in [-0.39, 0.29) is 0 Å². The lowest BCUT2D eigenvalue weighted by molar-refractivity contribution is 0.570. The van der Waals surface area contributed by atoms with Crippen molar-refractivity contribution in [1.82, 2.24) is 10.3 Å². The zero-order valence-corrected chi connectivity index (χ0v) is 11.3. The van der Waals surface area contributed by atoms with E-state index >= 15 is 0 Å². The number of thioether (sulfide) groups is 1. The molecule has 0 saturated carbocycles. The van der Waals surface area contributed by atoms with Gasteiger partial charge in [-0.25, -0.2) is 4.98 Å². The molecule has 3 nitrogen and oxygen atoms in total. The van der Waals surface area contributed by atoms with Gasteiger partial charge in [0.25, 0.3) is 0 Å². The van der Waals surface area contributed by atoms with Gasteiger partial charge in [0, 0.05) is 16.7 Å². The molecule has 1 atom stereocenters. The Bertz CT molecular complexity index is 373. The van der Waals surface area contributed by atoms with Crippen LogP contribution in [0.1, 0.15) is 30.3 Å². The Morgan fingerprint density at radius 1 is 1.62 bits per heavy atom. The first kappa shape index (κ1) is 11.9. The van der Waals surface area contributed by atoms with Crippen LogP contribution >= 0.6 is 23.1 Å². The normalized spacial score (nSPS) is 23.4. The summed E-state index contributed by atoms with van der Waals surface area (Å²) in [7, 11) is 0. The van der Waals surface area contributed by atoms with Crippen molar-refractivity contribution in [3.63, 3.8) is 0 Å². The monoisotopic (exact) mass is 255 g/mol. The molecule has 1 N–H and O–H groups in total. The van der Waals surface area contributed by atoms with E-state index in [0.717, 1.165) is 17.4 Å². The Hall–Kier alpha value is -0.550. The Morgan fingerprint density at radius 2 is 2.50 bits per heavy atom. The van der Waals surface area contributed by atoms with Crippen LogP contribution in [0, 0.1) is 6.92 Å². The summed E-state index contributed by atoms with van der Waals surface area (Å²) >= 11 is 3.52. The first-order valence-corrected chi connectivity index (χ1v) is 7.49. The van der Waals surface area contributed by atoms with Gasteiger partial charge in [-0.1, -0.05) is 18.7 Å². The molecule has 16 heavy (non-hydrogen) atoms. The molecule has 1 aromatic heterocycles. The van der Waals surface area contributed by atoms with E-state index in [9.17, 15) is 0 Å². The number of aliphatic imine (C=N–C) groups is 1. The lowest BCUT2D eigenvalue weighted by Crippen LogP contribution is -2.37. The van der Waals surface area contributed by atoms with Gasteiger partial charge in [0.15, 0.2) is 5.17 Å². The van der Waals surface area contributed by atoms with Crippen LogP contribution < -0.4 is 5.32 Å². The molecule has 0 bridgehead atoms. The van der Waals surface area contributed by atoms with Crippen molar-refractivity contribution in [2.24, 2.45) is 4.99 Å². The van der Waals surface area contributed by atoms with Gasteiger partial charge in [-0.05, 0) is 19.8 Å². The number of hydrogen-bond donors (Lipinski definition) is 1. The van der Waals surface area contributed by atoms with Gasteiger partial charge < -0.3 is 5.32 Å². The molecule has 88 valence electrons. The second kappa shape index (κ2) is 5.68. The molecule has 1 unspecified atom stereocenters. The van der Waals surface area contributed by atoms with E-state index in [0.29, 0.717) is 6.04 Å². The Kier molecular flexibility index (Phi) is 4.23. The number of thiazole rings is 1. The highest BCUT2D eigenvalue weighted by Gasteiger charge is 2.15. The lowest BCUT2D eigenvalue weighted by Gasteiger charge is -2.24. The van der Waals surface area contributed by atoms with Gasteiger partial charge in [0.05, 0.1) is 17.7 Å². The summed E-state index contributed by atoms with van der Waals surface area (Å²) in [5, 5.41) is 4.58. The molecular weight excluding hydrogens is 238 g/mol. The van der Waals surface area contributed by atoms with Crippen molar-refractivity contribution >= 4 is 28.3 Å². The largest absolute Gasteiger partial charge is 0.362 e. The number of aryl methyl sites for hydroxylation is 1. The van der Waals surface area contributed by atoms with E-state index in [2.05, 4.69) is 22.2 Å². The zero-order valence-electron chi connectivity index (χ0n) is 9.69. The van der Waals surface area contributed by atoms with Gasteiger partial charge in [0.2, 0.25) is 0 Å². The zero-order chi connectivity index (χ0) is 11.4. The van der Waals surface area contributed by atoms with Gasteiger partial charge in [-0.2, -0.15) is 0 Å². The molecule has 1 aliphatic heterocycles. The molecule has 1 fully saturated rings. The fourth-order valence-corrected chi connectivity index (χ4v) is 3.31. The minimum atomic E-state index is 0.613. The van der Waals surface area contributed by atoms with Crippen LogP contribution in [0.15, 0.2) is 10.5 Å². The van der Waals surface area contributed by atoms with E-state index in [1.807, 2.05) is 24.2 Å². The third-order valence-corrected chi connectivity index (χ3v) is 4.62. The molecule has 0 spiro atoms. The number of amidine groups is 1. The van der Waals surface area contributed by atoms with E-state index in [1.54, 1.807) is 11.3 Å². The summed E-state index contributed by atoms with van der Waals surface area (Å²) in [6, 6.07) is 0.613. The summed E-state index contributed by atoms with van der Waals surface area (Å²) in [5.74, 6) is 1.19. The van der Waals surface area contributed by atoms with E-state index in [4.69, 9.17) is 0 Å². The average Bonchev–Trinajstić information content (AvgIpc) is 2.72. The van der Waals surface area contributed by atoms with Gasteiger partial charge in [-0.3, -0.25) is 4.99 Å². The first-order valence-electron chi connectivity index (χ1n) is 5.62. The summed E-state index contributed by atoms with van der Waals surface area (Å²) in [6.07, 6.45) is 2.43. The highest BCUT2D eigenvalue weighted by atomic mass is 32.2. The van der Waals surface area contributed by atoms with Crippen LogP contribution in [0.4, 0.5) is 0 Å². The third-order valence-electron chi connectivity index (χ3n) is 2.74. The van der Waals surface area contributed by atoms with Crippen LogP contribution in [0.5, 0.6) is 0 Å². The molecule has 1 saturated heterocycles. The molecule has 2 heterocycles. The summed E-state index contributed by atoms with van der Waals surface area (Å²) in [4.78, 5) is 10.1. The number of nitrogens with one attached hydrogen (secondary N) is 1. The molecule has 1 aromatic rings. The quantitative estimate of drug-likeness (QED) is 0.902. The molecular formula is C11H17N3S2. The Morgan fingerprint density at radius 3 is 3.19 bits per heavy atom. The minimum Gasteiger partial charge on any atom is -0.362 e. The molecule has 0 aliphatic carbocycles. The predicted molar refractivity (Wildman–Crippen MR) is 72.3 cm³/mol. The van der Waals surface area contributed by atoms with Crippen molar-refractivity contribution in [2.45, 2.75) is 39.3 Å². The standard InChI is InChI=1S/C11H17N3S2/c1-3-9-4-5-15-11(14-9)12-6-10-8(2)13-7-16-10/h7,9H,3-6H2,1-2H3,(H,12,14). The molecule has 2 rings (SSSR count). The Labute approximate surface area is 105 Å². The lowest BCUT2D eigenvalue weighted by atomic mass is 10.2. The number of nitrogens with zero attached hydrogens (tertiary/aromatic N) is 2. The predicted octanol–water partition coefficient (Wildman–Crippen LogP) is 2.81. The van der Waals surface area contributed by atoms with E-state index in [1.165, 1.54) is 23.5 Å². The average molecular weight is 255 g/mol. The maximum absolute atomic E-state index is 4.62. The second-order valence-electron chi connectivity index (χ2n) is 3.87. The van der Waals surface area contributed by atoms with Gasteiger partial charge >= 0.3 is 0 Å². The number of rotatable bonds is 3. The highest BCUT2D eigenvalue weighted by molar-refractivity contribution is 8.13. The van der Waals surface area contributed by atoms with Crippen LogP contribution in [0.3, 0.4) is 0 Å². The number of hydrogen-bond acceptors (Lipinski definition) is 4. The molecule has 0 amide bonds. The van der Waals surface area contributed by atoms with Crippen molar-refractivity contribution in [3.05, 3.63) is 16.1 Å². The van der Waals surface area contributed by atoms with Crippen molar-refractivity contribution < 1.29 is 0 Å². The van der Waals surface area contributed by atoms with Crippen LogP contribution in [-0.2, 0) is 6.54 Å². The minimum absolute atomic E-state index is 0.613. The molecule has 0 radical (unpaired) electrons. The van der Waals surface area contributed by atoms with Crippen molar-refractivity contribution in [1.29, 1.82) is 0 Å². The van der Waals surface area contributed by atoms with Crippen LogP contribution in [0.2, 0.25) is 0 Å². The Balaban J connectivity index is 1.94. The SMILES string of the molecule is CCC1CCSC(=NCc2scnc2C)N1. The topological polar surface area (TPSA) is 37.3 Å². The first-order chi connectivity index (χ1) is 7.79. The van der Waals surface area contributed by atoms with Crippen LogP contribution in [-0.4, -0.2) is 21.9 Å². The van der Waals surface area contributed by atoms with Gasteiger partial charge in [-0.15, -0.1) is 11.3 Å². The van der Waals surface area contributed by atoms with Crippen molar-refractivity contribution in [3.8, 4) is 0 Å². The maximum atomic E-state index is 4.62. The maximum Gasteiger partial charge on any atom is 0.157 e. The summed E-state index contributed by atoms with van der Waals surface area (Å²) in [6.45, 7) is 5.03. The van der Waals surface area contributed by atoms with E-state index < -0.39 is 0 Å². The van der Waals surface area contributed by atoms with Gasteiger partial charge in [0.1, 0.15) is 0 Å². The van der Waals surface area contributed by atoms with Crippen LogP contribution in [0.25, 0.3) is 0 Å². The number of aromatic nitrogens is 1. The molecule has 0 aromatic carbocycles.